The van der Waals surface area contributed by atoms with E-state index in [9.17, 15) is 14.4 Å². The van der Waals surface area contributed by atoms with E-state index in [2.05, 4.69) is 106 Å². The van der Waals surface area contributed by atoms with Crippen molar-refractivity contribution < 1.29 is 28.6 Å². The third-order valence-corrected chi connectivity index (χ3v) is 12.6. The third kappa shape index (κ3) is 55.5. The van der Waals surface area contributed by atoms with E-state index in [0.29, 0.717) is 19.3 Å². The molecule has 0 aliphatic heterocycles. The molecular weight excluding hydrogens is 865 g/mol. The van der Waals surface area contributed by atoms with Crippen molar-refractivity contribution in [3.63, 3.8) is 0 Å². The number of esters is 3. The van der Waals surface area contributed by atoms with Crippen LogP contribution in [0.3, 0.4) is 0 Å². The van der Waals surface area contributed by atoms with Crippen molar-refractivity contribution in [1.82, 2.24) is 0 Å². The van der Waals surface area contributed by atoms with E-state index in [1.165, 1.54) is 141 Å². The van der Waals surface area contributed by atoms with Gasteiger partial charge in [-0.05, 0) is 96.3 Å². The Bertz CT molecular complexity index is 1350. The molecule has 6 heteroatoms. The van der Waals surface area contributed by atoms with Crippen LogP contribution in [0.1, 0.15) is 284 Å². The summed E-state index contributed by atoms with van der Waals surface area (Å²) < 4.78 is 16.8. The maximum Gasteiger partial charge on any atom is 0.306 e. The molecule has 0 saturated heterocycles. The summed E-state index contributed by atoms with van der Waals surface area (Å²) in [5, 5.41) is 0. The van der Waals surface area contributed by atoms with Crippen LogP contribution in [0.15, 0.2) is 85.1 Å². The fraction of sp³-hybridized carbons (Fsp3) is 0.734. The summed E-state index contributed by atoms with van der Waals surface area (Å²) in [7, 11) is 0. The Kier molecular flexibility index (Phi) is 55.3. The van der Waals surface area contributed by atoms with Crippen molar-refractivity contribution >= 4 is 17.9 Å². The van der Waals surface area contributed by atoms with Gasteiger partial charge in [0, 0.05) is 19.3 Å². The molecule has 0 amide bonds. The molecule has 0 fully saturated rings. The summed E-state index contributed by atoms with van der Waals surface area (Å²) in [6, 6.07) is 0. The fourth-order valence-electron chi connectivity index (χ4n) is 8.21. The van der Waals surface area contributed by atoms with E-state index >= 15 is 0 Å². The van der Waals surface area contributed by atoms with Crippen LogP contribution in [0.25, 0.3) is 0 Å². The van der Waals surface area contributed by atoms with Gasteiger partial charge >= 0.3 is 17.9 Å². The van der Waals surface area contributed by atoms with Gasteiger partial charge in [0.2, 0.25) is 0 Å². The SMILES string of the molecule is CC/C=C\C/C=C\C/C=C\C/C=C\CCCCC(=O)OC(COC(=O)CCCCCCCCCC/C=C\C/C=C\C/C=C\CCCCCCC)COC(=O)CCCCCCCCCCCCCCCC. The van der Waals surface area contributed by atoms with Gasteiger partial charge in [-0.15, -0.1) is 0 Å². The third-order valence-electron chi connectivity index (χ3n) is 12.6. The minimum absolute atomic E-state index is 0.0938. The molecule has 70 heavy (non-hydrogen) atoms. The van der Waals surface area contributed by atoms with Gasteiger partial charge in [-0.3, -0.25) is 14.4 Å². The molecule has 0 aromatic heterocycles. The van der Waals surface area contributed by atoms with Crippen molar-refractivity contribution in [3.05, 3.63) is 85.1 Å². The predicted molar refractivity (Wildman–Crippen MR) is 302 cm³/mol. The monoisotopic (exact) mass is 975 g/mol. The number of hydrogen-bond acceptors (Lipinski definition) is 6. The minimum atomic E-state index is -0.801. The summed E-state index contributed by atoms with van der Waals surface area (Å²) in [6.07, 6.45) is 75.8. The molecule has 0 rings (SSSR count). The largest absolute Gasteiger partial charge is 0.462 e. The first kappa shape index (κ1) is 66.6. The topological polar surface area (TPSA) is 78.9 Å². The second-order valence-corrected chi connectivity index (χ2v) is 19.5. The average Bonchev–Trinajstić information content (AvgIpc) is 3.36. The Labute approximate surface area is 433 Å². The highest BCUT2D eigenvalue weighted by Gasteiger charge is 2.19. The van der Waals surface area contributed by atoms with E-state index < -0.39 is 6.10 Å². The first-order chi connectivity index (χ1) is 34.5. The number of carbonyl (C=O) groups excluding carboxylic acids is 3. The number of ether oxygens (including phenoxy) is 3. The fourth-order valence-corrected chi connectivity index (χ4v) is 8.21. The molecule has 402 valence electrons. The van der Waals surface area contributed by atoms with E-state index in [1.807, 2.05) is 0 Å². The van der Waals surface area contributed by atoms with Crippen molar-refractivity contribution in [1.29, 1.82) is 0 Å². The lowest BCUT2D eigenvalue weighted by atomic mass is 10.0. The second-order valence-electron chi connectivity index (χ2n) is 19.5. The number of carbonyl (C=O) groups is 3. The highest BCUT2D eigenvalue weighted by Crippen LogP contribution is 2.15. The van der Waals surface area contributed by atoms with Gasteiger partial charge in [-0.2, -0.15) is 0 Å². The molecular formula is C64H110O6. The van der Waals surface area contributed by atoms with Gasteiger partial charge in [0.25, 0.3) is 0 Å². The van der Waals surface area contributed by atoms with Crippen LogP contribution in [-0.2, 0) is 28.6 Å². The Balaban J connectivity index is 4.39. The summed E-state index contributed by atoms with van der Waals surface area (Å²) in [5.41, 5.74) is 0. The molecule has 0 saturated carbocycles. The summed E-state index contributed by atoms with van der Waals surface area (Å²) in [5.74, 6) is -0.936. The Hall–Kier alpha value is -3.41. The molecule has 0 heterocycles. The zero-order valence-corrected chi connectivity index (χ0v) is 46.0. The molecule has 0 aliphatic rings. The first-order valence-electron chi connectivity index (χ1n) is 29.6. The van der Waals surface area contributed by atoms with E-state index in [1.54, 1.807) is 0 Å². The lowest BCUT2D eigenvalue weighted by molar-refractivity contribution is -0.167. The van der Waals surface area contributed by atoms with Gasteiger partial charge in [-0.1, -0.05) is 254 Å². The quantitative estimate of drug-likeness (QED) is 0.0261. The van der Waals surface area contributed by atoms with Crippen LogP contribution in [0, 0.1) is 0 Å². The molecule has 0 aliphatic carbocycles. The van der Waals surface area contributed by atoms with E-state index in [-0.39, 0.29) is 37.5 Å². The second kappa shape index (κ2) is 58.2. The average molecular weight is 976 g/mol. The molecule has 1 atom stereocenters. The molecule has 0 radical (unpaired) electrons. The van der Waals surface area contributed by atoms with Crippen LogP contribution in [0.2, 0.25) is 0 Å². The predicted octanol–water partition coefficient (Wildman–Crippen LogP) is 19.9. The normalized spacial score (nSPS) is 12.7. The number of rotatable bonds is 53. The van der Waals surface area contributed by atoms with Gasteiger partial charge in [0.05, 0.1) is 0 Å². The smallest absolute Gasteiger partial charge is 0.306 e. The maximum absolute atomic E-state index is 12.8. The lowest BCUT2D eigenvalue weighted by Crippen LogP contribution is -2.30. The minimum Gasteiger partial charge on any atom is -0.462 e. The zero-order chi connectivity index (χ0) is 50.7. The molecule has 6 nitrogen and oxygen atoms in total. The van der Waals surface area contributed by atoms with Crippen molar-refractivity contribution in [3.8, 4) is 0 Å². The number of allylic oxidation sites excluding steroid dienone is 14. The lowest BCUT2D eigenvalue weighted by Gasteiger charge is -2.18. The van der Waals surface area contributed by atoms with Crippen LogP contribution in [0.4, 0.5) is 0 Å². The van der Waals surface area contributed by atoms with Crippen LogP contribution in [-0.4, -0.2) is 37.2 Å². The summed E-state index contributed by atoms with van der Waals surface area (Å²) >= 11 is 0. The van der Waals surface area contributed by atoms with Crippen LogP contribution >= 0.6 is 0 Å². The highest BCUT2D eigenvalue weighted by atomic mass is 16.6. The van der Waals surface area contributed by atoms with Crippen LogP contribution in [0.5, 0.6) is 0 Å². The molecule has 1 unspecified atom stereocenters. The summed E-state index contributed by atoms with van der Waals surface area (Å²) in [4.78, 5) is 38.2. The van der Waals surface area contributed by atoms with Gasteiger partial charge in [0.15, 0.2) is 6.10 Å². The molecule has 0 spiro atoms. The number of unbranched alkanes of at least 4 members (excludes halogenated alkanes) is 28. The highest BCUT2D eigenvalue weighted by molar-refractivity contribution is 5.71. The van der Waals surface area contributed by atoms with Crippen molar-refractivity contribution in [2.75, 3.05) is 13.2 Å². The molecule has 0 N–H and O–H groups in total. The zero-order valence-electron chi connectivity index (χ0n) is 46.0. The van der Waals surface area contributed by atoms with Gasteiger partial charge in [-0.25, -0.2) is 0 Å². The van der Waals surface area contributed by atoms with E-state index in [4.69, 9.17) is 14.2 Å². The van der Waals surface area contributed by atoms with Crippen LogP contribution < -0.4 is 0 Å². The Morgan fingerprint density at radius 3 is 0.900 bits per heavy atom. The molecule has 0 bridgehead atoms. The molecule has 0 aromatic rings. The Morgan fingerprint density at radius 1 is 0.300 bits per heavy atom. The van der Waals surface area contributed by atoms with Crippen molar-refractivity contribution in [2.45, 2.75) is 290 Å². The summed E-state index contributed by atoms with van der Waals surface area (Å²) in [6.45, 7) is 6.49. The maximum atomic E-state index is 12.8. The van der Waals surface area contributed by atoms with Gasteiger partial charge in [0.1, 0.15) is 13.2 Å². The Morgan fingerprint density at radius 2 is 0.557 bits per heavy atom. The molecule has 0 aromatic carbocycles. The van der Waals surface area contributed by atoms with Crippen molar-refractivity contribution in [2.24, 2.45) is 0 Å². The first-order valence-corrected chi connectivity index (χ1v) is 29.6. The van der Waals surface area contributed by atoms with E-state index in [0.717, 1.165) is 96.3 Å². The standard InChI is InChI=1S/C64H110O6/c1-4-7-10-13-16-19-22-25-28-29-30-31-32-33-34-35-37-39-42-45-48-51-54-57-63(66)69-60-61(59-68-62(65)56-53-50-47-44-41-38-27-24-21-18-15-12-9-6-3)70-64(67)58-55-52-49-46-43-40-36-26-23-20-17-14-11-8-5-2/h8,11,17,20,22,25-26,29-30,32-33,36,43,46,61H,4-7,9-10,12-16,18-19,21,23-24,27-28,31,34-35,37-42,44-45,47-60H2,1-3H3/b11-8-,20-17-,25-22-,30-29-,33-32-,36-26-,46-43-. The number of hydrogen-bond donors (Lipinski definition) is 0. The van der Waals surface area contributed by atoms with Gasteiger partial charge < -0.3 is 14.2 Å².